The third kappa shape index (κ3) is 4.36. The summed E-state index contributed by atoms with van der Waals surface area (Å²) >= 11 is 0. The van der Waals surface area contributed by atoms with Crippen LogP contribution in [-0.2, 0) is 4.74 Å². The summed E-state index contributed by atoms with van der Waals surface area (Å²) < 4.78 is 5.38. The van der Waals surface area contributed by atoms with Crippen LogP contribution in [0.4, 0.5) is 11.4 Å². The molecule has 0 aromatic heterocycles. The van der Waals surface area contributed by atoms with E-state index in [2.05, 4.69) is 11.9 Å². The second-order valence-electron chi connectivity index (χ2n) is 4.01. The maximum atomic E-state index is 5.74. The molecule has 0 spiro atoms. The Morgan fingerprint density at radius 3 is 2.88 bits per heavy atom. The number of hydrogen-bond donors (Lipinski definition) is 2. The molecular weight excluding hydrogens is 200 g/mol. The van der Waals surface area contributed by atoms with Gasteiger partial charge in [0.1, 0.15) is 0 Å². The third-order valence-electron chi connectivity index (χ3n) is 2.19. The van der Waals surface area contributed by atoms with Crippen molar-refractivity contribution in [1.29, 1.82) is 0 Å². The van der Waals surface area contributed by atoms with Crippen molar-refractivity contribution in [3.05, 3.63) is 35.9 Å². The fourth-order valence-corrected chi connectivity index (χ4v) is 1.30. The van der Waals surface area contributed by atoms with E-state index in [0.717, 1.165) is 29.1 Å². The van der Waals surface area contributed by atoms with E-state index in [-0.39, 0.29) is 0 Å². The van der Waals surface area contributed by atoms with E-state index in [9.17, 15) is 0 Å². The Morgan fingerprint density at radius 1 is 1.50 bits per heavy atom. The number of anilines is 2. The van der Waals surface area contributed by atoms with E-state index < -0.39 is 0 Å². The molecule has 0 aliphatic heterocycles. The number of aryl methyl sites for hydroxylation is 1. The van der Waals surface area contributed by atoms with E-state index in [1.165, 1.54) is 0 Å². The highest BCUT2D eigenvalue weighted by atomic mass is 16.5. The molecule has 16 heavy (non-hydrogen) atoms. The summed E-state index contributed by atoms with van der Waals surface area (Å²) in [6.45, 7) is 9.82. The van der Waals surface area contributed by atoms with Gasteiger partial charge in [0.25, 0.3) is 0 Å². The summed E-state index contributed by atoms with van der Waals surface area (Å²) in [6.07, 6.45) is 0. The molecule has 1 aromatic carbocycles. The summed E-state index contributed by atoms with van der Waals surface area (Å²) in [5.41, 5.74) is 9.77. The molecule has 0 heterocycles. The first kappa shape index (κ1) is 12.6. The lowest BCUT2D eigenvalue weighted by atomic mass is 10.2. The molecule has 1 rings (SSSR count). The summed E-state index contributed by atoms with van der Waals surface area (Å²) in [7, 11) is 0. The van der Waals surface area contributed by atoms with Crippen LogP contribution in [0.5, 0.6) is 0 Å². The van der Waals surface area contributed by atoms with Crippen LogP contribution in [0, 0.1) is 6.92 Å². The molecule has 0 aliphatic rings. The molecule has 0 amide bonds. The Bertz CT molecular complexity index is 361. The smallest absolute Gasteiger partial charge is 0.0672 e. The van der Waals surface area contributed by atoms with Crippen molar-refractivity contribution in [1.82, 2.24) is 0 Å². The average molecular weight is 220 g/mol. The first-order chi connectivity index (χ1) is 7.59. The van der Waals surface area contributed by atoms with Gasteiger partial charge in [0.15, 0.2) is 0 Å². The number of hydrogen-bond acceptors (Lipinski definition) is 3. The van der Waals surface area contributed by atoms with Gasteiger partial charge >= 0.3 is 0 Å². The van der Waals surface area contributed by atoms with Crippen LogP contribution in [0.1, 0.15) is 12.5 Å². The van der Waals surface area contributed by atoms with Crippen LogP contribution >= 0.6 is 0 Å². The average Bonchev–Trinajstić information content (AvgIpc) is 2.22. The highest BCUT2D eigenvalue weighted by Gasteiger charge is 1.96. The maximum Gasteiger partial charge on any atom is 0.0672 e. The Labute approximate surface area is 97.3 Å². The molecule has 0 unspecified atom stereocenters. The van der Waals surface area contributed by atoms with Crippen molar-refractivity contribution in [2.24, 2.45) is 0 Å². The third-order valence-corrected chi connectivity index (χ3v) is 2.19. The second-order valence-corrected chi connectivity index (χ2v) is 4.01. The molecule has 0 radical (unpaired) electrons. The van der Waals surface area contributed by atoms with Crippen LogP contribution in [-0.4, -0.2) is 19.8 Å². The van der Waals surface area contributed by atoms with E-state index in [1.54, 1.807) is 0 Å². The van der Waals surface area contributed by atoms with Gasteiger partial charge in [-0.15, -0.1) is 0 Å². The Balaban J connectivity index is 2.27. The van der Waals surface area contributed by atoms with Gasteiger partial charge < -0.3 is 15.8 Å². The Hall–Kier alpha value is -1.48. The summed E-state index contributed by atoms with van der Waals surface area (Å²) in [5, 5.41) is 3.28. The zero-order valence-electron chi connectivity index (χ0n) is 10.0. The van der Waals surface area contributed by atoms with Gasteiger partial charge in [-0.3, -0.25) is 0 Å². The van der Waals surface area contributed by atoms with E-state index in [0.29, 0.717) is 13.2 Å². The predicted molar refractivity (Wildman–Crippen MR) is 69.7 cm³/mol. The van der Waals surface area contributed by atoms with Gasteiger partial charge in [0.05, 0.1) is 13.2 Å². The van der Waals surface area contributed by atoms with Crippen molar-refractivity contribution in [2.45, 2.75) is 13.8 Å². The molecule has 3 N–H and O–H groups in total. The van der Waals surface area contributed by atoms with Crippen LogP contribution < -0.4 is 11.1 Å². The van der Waals surface area contributed by atoms with E-state index >= 15 is 0 Å². The molecular formula is C13H20N2O. The summed E-state index contributed by atoms with van der Waals surface area (Å²) in [6, 6.07) is 5.92. The molecule has 3 heteroatoms. The lowest BCUT2D eigenvalue weighted by molar-refractivity contribution is 0.167. The minimum atomic E-state index is 0.627. The predicted octanol–water partition coefficient (Wildman–Crippen LogP) is 2.58. The van der Waals surface area contributed by atoms with Crippen molar-refractivity contribution in [3.63, 3.8) is 0 Å². The van der Waals surface area contributed by atoms with Gasteiger partial charge in [0.2, 0.25) is 0 Å². The van der Waals surface area contributed by atoms with Crippen molar-refractivity contribution in [3.8, 4) is 0 Å². The van der Waals surface area contributed by atoms with E-state index in [1.807, 2.05) is 32.0 Å². The monoisotopic (exact) mass is 220 g/mol. The molecule has 0 aliphatic carbocycles. The van der Waals surface area contributed by atoms with Gasteiger partial charge in [-0.25, -0.2) is 0 Å². The fourth-order valence-electron chi connectivity index (χ4n) is 1.30. The van der Waals surface area contributed by atoms with Crippen LogP contribution in [0.15, 0.2) is 30.4 Å². The molecule has 0 saturated heterocycles. The molecule has 0 saturated carbocycles. The molecule has 3 nitrogen and oxygen atoms in total. The zero-order valence-corrected chi connectivity index (χ0v) is 10.0. The van der Waals surface area contributed by atoms with Crippen molar-refractivity contribution < 1.29 is 4.74 Å². The molecule has 88 valence electrons. The van der Waals surface area contributed by atoms with E-state index in [4.69, 9.17) is 10.5 Å². The number of nitrogen functional groups attached to an aromatic ring is 1. The summed E-state index contributed by atoms with van der Waals surface area (Å²) in [4.78, 5) is 0. The topological polar surface area (TPSA) is 47.3 Å². The molecule has 0 bridgehead atoms. The first-order valence-corrected chi connectivity index (χ1v) is 5.41. The lowest BCUT2D eigenvalue weighted by Crippen LogP contribution is -2.10. The largest absolute Gasteiger partial charge is 0.399 e. The van der Waals surface area contributed by atoms with Crippen LogP contribution in [0.3, 0.4) is 0 Å². The van der Waals surface area contributed by atoms with Crippen LogP contribution in [0.25, 0.3) is 0 Å². The fraction of sp³-hybridized carbons (Fsp3) is 0.385. The normalized spacial score (nSPS) is 10.1. The SMILES string of the molecule is C=C(C)COCCNc1ccc(N)c(C)c1. The maximum absolute atomic E-state index is 5.74. The lowest BCUT2D eigenvalue weighted by Gasteiger charge is -2.09. The number of benzene rings is 1. The molecule has 0 fully saturated rings. The molecule has 1 aromatic rings. The zero-order chi connectivity index (χ0) is 12.0. The van der Waals surface area contributed by atoms with Crippen molar-refractivity contribution >= 4 is 11.4 Å². The first-order valence-electron chi connectivity index (χ1n) is 5.41. The highest BCUT2D eigenvalue weighted by Crippen LogP contribution is 2.16. The number of nitrogens with two attached hydrogens (primary N) is 1. The Kier molecular flexibility index (Phi) is 4.86. The minimum Gasteiger partial charge on any atom is -0.399 e. The number of ether oxygens (including phenoxy) is 1. The van der Waals surface area contributed by atoms with Gasteiger partial charge in [-0.05, 0) is 37.6 Å². The standard InChI is InChI=1S/C13H20N2O/c1-10(2)9-16-7-6-15-12-4-5-13(14)11(3)8-12/h4-5,8,15H,1,6-7,9,14H2,2-3H3. The van der Waals surface area contributed by atoms with Gasteiger partial charge in [-0.2, -0.15) is 0 Å². The van der Waals surface area contributed by atoms with Crippen LogP contribution in [0.2, 0.25) is 0 Å². The molecule has 0 atom stereocenters. The number of nitrogens with one attached hydrogen (secondary N) is 1. The highest BCUT2D eigenvalue weighted by molar-refractivity contribution is 5.56. The Morgan fingerprint density at radius 2 is 2.25 bits per heavy atom. The van der Waals surface area contributed by atoms with Crippen molar-refractivity contribution in [2.75, 3.05) is 30.8 Å². The number of rotatable bonds is 6. The summed E-state index contributed by atoms with van der Waals surface area (Å²) in [5.74, 6) is 0. The second kappa shape index (κ2) is 6.18. The van der Waals surface area contributed by atoms with Gasteiger partial charge in [-0.1, -0.05) is 12.2 Å². The minimum absolute atomic E-state index is 0.627. The quantitative estimate of drug-likeness (QED) is 0.440. The van der Waals surface area contributed by atoms with Gasteiger partial charge in [0, 0.05) is 17.9 Å².